The number of aromatic nitrogens is 1. The summed E-state index contributed by atoms with van der Waals surface area (Å²) >= 11 is 6.27. The maximum atomic E-state index is 12.0. The first kappa shape index (κ1) is 16.3. The van der Waals surface area contributed by atoms with Crippen molar-refractivity contribution in [2.45, 2.75) is 26.8 Å². The fourth-order valence-electron chi connectivity index (χ4n) is 2.45. The predicted octanol–water partition coefficient (Wildman–Crippen LogP) is 3.68. The Kier molecular flexibility index (Phi) is 5.39. The van der Waals surface area contributed by atoms with Gasteiger partial charge in [-0.1, -0.05) is 41.9 Å². The molecule has 0 N–H and O–H groups in total. The third-order valence-electron chi connectivity index (χ3n) is 3.56. The Balaban J connectivity index is 2.32. The summed E-state index contributed by atoms with van der Waals surface area (Å²) in [5, 5.41) is 0.284. The number of halogens is 1. The van der Waals surface area contributed by atoms with Crippen LogP contribution in [0.4, 0.5) is 0 Å². The lowest BCUT2D eigenvalue weighted by Gasteiger charge is -2.08. The Bertz CT molecular complexity index is 677. The van der Waals surface area contributed by atoms with Crippen molar-refractivity contribution in [1.82, 2.24) is 4.57 Å². The van der Waals surface area contributed by atoms with Crippen LogP contribution in [0.25, 0.3) is 0 Å². The van der Waals surface area contributed by atoms with Crippen molar-refractivity contribution < 1.29 is 14.3 Å². The number of hydrogen-bond donors (Lipinski definition) is 0. The van der Waals surface area contributed by atoms with Crippen LogP contribution in [-0.2, 0) is 17.7 Å². The molecule has 0 fully saturated rings. The summed E-state index contributed by atoms with van der Waals surface area (Å²) in [4.78, 5) is 23.3. The van der Waals surface area contributed by atoms with E-state index in [1.807, 2.05) is 30.3 Å². The molecule has 1 heterocycles. The molecule has 0 aliphatic carbocycles. The summed E-state index contributed by atoms with van der Waals surface area (Å²) in [6.45, 7) is 4.34. The molecule has 0 atom stereocenters. The Labute approximate surface area is 134 Å². The third kappa shape index (κ3) is 3.22. The van der Waals surface area contributed by atoms with E-state index >= 15 is 0 Å². The van der Waals surface area contributed by atoms with Crippen LogP contribution in [0.5, 0.6) is 0 Å². The van der Waals surface area contributed by atoms with Crippen molar-refractivity contribution >= 4 is 23.9 Å². The summed E-state index contributed by atoms with van der Waals surface area (Å²) < 4.78 is 6.79. The monoisotopic (exact) mass is 319 g/mol. The molecule has 4 nitrogen and oxygen atoms in total. The Morgan fingerprint density at radius 3 is 2.59 bits per heavy atom. The maximum Gasteiger partial charge on any atom is 0.340 e. The van der Waals surface area contributed by atoms with E-state index in [1.54, 1.807) is 18.4 Å². The van der Waals surface area contributed by atoms with Gasteiger partial charge in [0, 0.05) is 12.2 Å². The van der Waals surface area contributed by atoms with Crippen molar-refractivity contribution in [3.63, 3.8) is 0 Å². The summed E-state index contributed by atoms with van der Waals surface area (Å²) in [6, 6.07) is 9.96. The van der Waals surface area contributed by atoms with Crippen LogP contribution in [0.1, 0.15) is 38.9 Å². The SMILES string of the molecule is CCOC(=O)c1c(C=O)c(Cl)n(CCc2ccccc2)c1C. The number of benzene rings is 1. The lowest BCUT2D eigenvalue weighted by atomic mass is 10.1. The molecule has 0 radical (unpaired) electrons. The van der Waals surface area contributed by atoms with Crippen LogP contribution >= 0.6 is 11.6 Å². The third-order valence-corrected chi connectivity index (χ3v) is 3.97. The molecule has 5 heteroatoms. The molecule has 0 aliphatic heterocycles. The fraction of sp³-hybridized carbons (Fsp3) is 0.294. The highest BCUT2D eigenvalue weighted by Gasteiger charge is 2.24. The average molecular weight is 320 g/mol. The minimum Gasteiger partial charge on any atom is -0.462 e. The second-order valence-electron chi connectivity index (χ2n) is 4.89. The van der Waals surface area contributed by atoms with E-state index < -0.39 is 5.97 Å². The van der Waals surface area contributed by atoms with Gasteiger partial charge < -0.3 is 9.30 Å². The second kappa shape index (κ2) is 7.27. The summed E-state index contributed by atoms with van der Waals surface area (Å²) in [5.41, 5.74) is 2.28. The molecule has 2 rings (SSSR count). The van der Waals surface area contributed by atoms with Crippen LogP contribution in [0, 0.1) is 6.92 Å². The van der Waals surface area contributed by atoms with Gasteiger partial charge in [-0.15, -0.1) is 0 Å². The highest BCUT2D eigenvalue weighted by atomic mass is 35.5. The molecule has 0 saturated heterocycles. The number of aryl methyl sites for hydroxylation is 1. The highest BCUT2D eigenvalue weighted by molar-refractivity contribution is 6.33. The highest BCUT2D eigenvalue weighted by Crippen LogP contribution is 2.27. The summed E-state index contributed by atoms with van der Waals surface area (Å²) in [7, 11) is 0. The van der Waals surface area contributed by atoms with Crippen LogP contribution < -0.4 is 0 Å². The smallest absolute Gasteiger partial charge is 0.340 e. The van der Waals surface area contributed by atoms with E-state index in [1.165, 1.54) is 0 Å². The van der Waals surface area contributed by atoms with Gasteiger partial charge in [-0.3, -0.25) is 4.79 Å². The van der Waals surface area contributed by atoms with E-state index in [9.17, 15) is 9.59 Å². The number of aldehydes is 1. The lowest BCUT2D eigenvalue weighted by molar-refractivity contribution is 0.0523. The van der Waals surface area contributed by atoms with E-state index in [-0.39, 0.29) is 22.9 Å². The van der Waals surface area contributed by atoms with Crippen LogP contribution in [-0.4, -0.2) is 23.4 Å². The van der Waals surface area contributed by atoms with Gasteiger partial charge in [0.25, 0.3) is 0 Å². The molecule has 0 amide bonds. The van der Waals surface area contributed by atoms with E-state index in [0.717, 1.165) is 12.0 Å². The van der Waals surface area contributed by atoms with Gasteiger partial charge in [-0.05, 0) is 25.8 Å². The number of carbonyl (C=O) groups is 2. The molecule has 0 spiro atoms. The number of ether oxygens (including phenoxy) is 1. The molecule has 0 unspecified atom stereocenters. The Morgan fingerprint density at radius 2 is 2.00 bits per heavy atom. The van der Waals surface area contributed by atoms with Gasteiger partial charge in [0.15, 0.2) is 6.29 Å². The maximum absolute atomic E-state index is 12.0. The Hall–Kier alpha value is -2.07. The summed E-state index contributed by atoms with van der Waals surface area (Å²) in [5.74, 6) is -0.512. The van der Waals surface area contributed by atoms with E-state index in [4.69, 9.17) is 16.3 Å². The normalized spacial score (nSPS) is 10.5. The van der Waals surface area contributed by atoms with E-state index in [0.29, 0.717) is 18.5 Å². The predicted molar refractivity (Wildman–Crippen MR) is 85.7 cm³/mol. The molecule has 1 aromatic heterocycles. The molecule has 116 valence electrons. The van der Waals surface area contributed by atoms with Gasteiger partial charge in [0.05, 0.1) is 17.7 Å². The number of esters is 1. The Morgan fingerprint density at radius 1 is 1.32 bits per heavy atom. The van der Waals surface area contributed by atoms with Crippen molar-refractivity contribution in [1.29, 1.82) is 0 Å². The molecule has 0 aliphatic rings. The topological polar surface area (TPSA) is 48.3 Å². The molecular formula is C17H18ClNO3. The number of carbonyl (C=O) groups excluding carboxylic acids is 2. The average Bonchev–Trinajstić information content (AvgIpc) is 2.77. The molecule has 1 aromatic carbocycles. The van der Waals surface area contributed by atoms with Crippen LogP contribution in [0.2, 0.25) is 5.15 Å². The zero-order chi connectivity index (χ0) is 16.1. The summed E-state index contributed by atoms with van der Waals surface area (Å²) in [6.07, 6.45) is 1.37. The first-order valence-electron chi connectivity index (χ1n) is 7.15. The molecule has 0 bridgehead atoms. The van der Waals surface area contributed by atoms with Crippen molar-refractivity contribution in [2.75, 3.05) is 6.61 Å². The van der Waals surface area contributed by atoms with Gasteiger partial charge in [-0.25, -0.2) is 4.79 Å². The standard InChI is InChI=1S/C17H18ClNO3/c1-3-22-17(21)15-12(2)19(16(18)14(15)11-20)10-9-13-7-5-4-6-8-13/h4-8,11H,3,9-10H2,1-2H3. The van der Waals surface area contributed by atoms with Crippen molar-refractivity contribution in [2.24, 2.45) is 0 Å². The van der Waals surface area contributed by atoms with Gasteiger partial charge >= 0.3 is 5.97 Å². The lowest BCUT2D eigenvalue weighted by Crippen LogP contribution is -2.09. The van der Waals surface area contributed by atoms with E-state index in [2.05, 4.69) is 0 Å². The molecular weight excluding hydrogens is 302 g/mol. The molecule has 2 aromatic rings. The molecule has 0 saturated carbocycles. The van der Waals surface area contributed by atoms with Crippen LogP contribution in [0.15, 0.2) is 30.3 Å². The second-order valence-corrected chi connectivity index (χ2v) is 5.25. The quantitative estimate of drug-likeness (QED) is 0.603. The van der Waals surface area contributed by atoms with Gasteiger partial charge in [-0.2, -0.15) is 0 Å². The first-order valence-corrected chi connectivity index (χ1v) is 7.52. The first-order chi connectivity index (χ1) is 10.6. The fourth-order valence-corrected chi connectivity index (χ4v) is 2.80. The molecule has 22 heavy (non-hydrogen) atoms. The van der Waals surface area contributed by atoms with Crippen LogP contribution in [0.3, 0.4) is 0 Å². The zero-order valence-electron chi connectivity index (χ0n) is 12.6. The minimum atomic E-state index is -0.512. The number of hydrogen-bond acceptors (Lipinski definition) is 3. The number of nitrogens with zero attached hydrogens (tertiary/aromatic N) is 1. The van der Waals surface area contributed by atoms with Gasteiger partial charge in [0.2, 0.25) is 0 Å². The largest absolute Gasteiger partial charge is 0.462 e. The van der Waals surface area contributed by atoms with Crippen molar-refractivity contribution in [3.05, 3.63) is 57.9 Å². The van der Waals surface area contributed by atoms with Gasteiger partial charge in [0.1, 0.15) is 5.15 Å². The zero-order valence-corrected chi connectivity index (χ0v) is 13.4. The number of rotatable bonds is 6. The van der Waals surface area contributed by atoms with Crippen molar-refractivity contribution in [3.8, 4) is 0 Å². The minimum absolute atomic E-state index is 0.200.